The lowest BCUT2D eigenvalue weighted by molar-refractivity contribution is 0.300. The highest BCUT2D eigenvalue weighted by molar-refractivity contribution is 7.09. The molecule has 0 aliphatic rings. The molecule has 1 heterocycles. The molecule has 0 N–H and O–H groups in total. The van der Waals surface area contributed by atoms with Crippen LogP contribution < -0.4 is 9.47 Å². The molecule has 0 aliphatic carbocycles. The van der Waals surface area contributed by atoms with Crippen molar-refractivity contribution in [3.8, 4) is 11.5 Å². The van der Waals surface area contributed by atoms with Crippen molar-refractivity contribution in [2.45, 2.75) is 20.5 Å². The second-order valence-electron chi connectivity index (χ2n) is 4.87. The SMILES string of the molecule is C=C(C)/C=C\C(=C)Oc1cccc(OCc2csc(C)n2)c1. The molecule has 4 heteroatoms. The normalized spacial score (nSPS) is 10.6. The molecule has 0 spiro atoms. The molecule has 3 nitrogen and oxygen atoms in total. The molecule has 0 radical (unpaired) electrons. The summed E-state index contributed by atoms with van der Waals surface area (Å²) in [5, 5.41) is 3.04. The highest BCUT2D eigenvalue weighted by atomic mass is 32.1. The van der Waals surface area contributed by atoms with Crippen LogP contribution in [0.15, 0.2) is 66.3 Å². The molecule has 1 aromatic heterocycles. The molecule has 0 bridgehead atoms. The highest BCUT2D eigenvalue weighted by Gasteiger charge is 2.02. The Labute approximate surface area is 135 Å². The number of aromatic nitrogens is 1. The Morgan fingerprint density at radius 2 is 2.05 bits per heavy atom. The van der Waals surface area contributed by atoms with Crippen LogP contribution in [0.4, 0.5) is 0 Å². The topological polar surface area (TPSA) is 31.4 Å². The zero-order chi connectivity index (χ0) is 15.9. The number of ether oxygens (including phenoxy) is 2. The monoisotopic (exact) mass is 313 g/mol. The van der Waals surface area contributed by atoms with Crippen LogP contribution in [0.5, 0.6) is 11.5 Å². The van der Waals surface area contributed by atoms with E-state index in [9.17, 15) is 0 Å². The van der Waals surface area contributed by atoms with Gasteiger partial charge in [-0.15, -0.1) is 11.3 Å². The van der Waals surface area contributed by atoms with Crippen molar-refractivity contribution in [2.75, 3.05) is 0 Å². The van der Waals surface area contributed by atoms with Gasteiger partial charge in [-0.05, 0) is 32.1 Å². The number of thiazole rings is 1. The largest absolute Gasteiger partial charge is 0.487 e. The van der Waals surface area contributed by atoms with Gasteiger partial charge in [-0.1, -0.05) is 30.9 Å². The molecular formula is C18H19NO2S. The first-order valence-corrected chi connectivity index (χ1v) is 7.75. The van der Waals surface area contributed by atoms with Gasteiger partial charge in [-0.25, -0.2) is 4.98 Å². The van der Waals surface area contributed by atoms with Crippen LogP contribution in [-0.2, 0) is 6.61 Å². The Hall–Kier alpha value is -2.33. The van der Waals surface area contributed by atoms with Crippen LogP contribution in [0.2, 0.25) is 0 Å². The van der Waals surface area contributed by atoms with Crippen LogP contribution >= 0.6 is 11.3 Å². The molecule has 0 amide bonds. The first-order chi connectivity index (χ1) is 10.5. The molecule has 2 aromatic rings. The van der Waals surface area contributed by atoms with Crippen LogP contribution in [0.3, 0.4) is 0 Å². The van der Waals surface area contributed by atoms with Crippen molar-refractivity contribution in [2.24, 2.45) is 0 Å². The molecule has 0 saturated carbocycles. The lowest BCUT2D eigenvalue weighted by atomic mass is 10.3. The fourth-order valence-corrected chi connectivity index (χ4v) is 2.28. The third-order valence-electron chi connectivity index (χ3n) is 2.66. The maximum Gasteiger partial charge on any atom is 0.131 e. The minimum absolute atomic E-state index is 0.449. The molecule has 0 unspecified atom stereocenters. The smallest absolute Gasteiger partial charge is 0.131 e. The molecule has 114 valence electrons. The van der Waals surface area contributed by atoms with E-state index in [0.717, 1.165) is 22.0 Å². The maximum atomic E-state index is 5.73. The average molecular weight is 313 g/mol. The molecule has 0 fully saturated rings. The molecule has 0 atom stereocenters. The summed E-state index contributed by atoms with van der Waals surface area (Å²) in [6.45, 7) is 12.0. The summed E-state index contributed by atoms with van der Waals surface area (Å²) in [6, 6.07) is 7.46. The standard InChI is InChI=1S/C18H19NO2S/c1-13(2)8-9-14(3)21-18-7-5-6-17(10-18)20-11-16-12-22-15(4)19-16/h5-10,12H,1,3,11H2,2,4H3/b9-8-. The quantitative estimate of drug-likeness (QED) is 0.529. The van der Waals surface area contributed by atoms with Crippen LogP contribution in [-0.4, -0.2) is 4.98 Å². The number of allylic oxidation sites excluding steroid dienone is 3. The van der Waals surface area contributed by atoms with Gasteiger partial charge in [0, 0.05) is 11.4 Å². The predicted octanol–water partition coefficient (Wildman–Crippen LogP) is 5.06. The maximum absolute atomic E-state index is 5.73. The number of rotatable bonds is 7. The fraction of sp³-hybridized carbons (Fsp3) is 0.167. The lowest BCUT2D eigenvalue weighted by Crippen LogP contribution is -1.96. The van der Waals surface area contributed by atoms with E-state index in [2.05, 4.69) is 18.1 Å². The highest BCUT2D eigenvalue weighted by Crippen LogP contribution is 2.22. The van der Waals surface area contributed by atoms with Gasteiger partial charge in [0.1, 0.15) is 23.9 Å². The minimum Gasteiger partial charge on any atom is -0.487 e. The third-order valence-corrected chi connectivity index (χ3v) is 3.48. The second-order valence-corrected chi connectivity index (χ2v) is 5.93. The summed E-state index contributed by atoms with van der Waals surface area (Å²) in [5.41, 5.74) is 1.88. The van der Waals surface area contributed by atoms with Gasteiger partial charge in [-0.2, -0.15) is 0 Å². The van der Waals surface area contributed by atoms with Crippen molar-refractivity contribution in [1.82, 2.24) is 4.98 Å². The zero-order valence-electron chi connectivity index (χ0n) is 12.8. The number of hydrogen-bond acceptors (Lipinski definition) is 4. The van der Waals surface area contributed by atoms with Crippen LogP contribution in [0.25, 0.3) is 0 Å². The van der Waals surface area contributed by atoms with Gasteiger partial charge in [-0.3, -0.25) is 0 Å². The Morgan fingerprint density at radius 3 is 2.73 bits per heavy atom. The van der Waals surface area contributed by atoms with E-state index in [1.807, 2.05) is 49.6 Å². The van der Waals surface area contributed by atoms with Gasteiger partial charge in [0.15, 0.2) is 0 Å². The third kappa shape index (κ3) is 5.22. The number of nitrogens with zero attached hydrogens (tertiary/aromatic N) is 1. The van der Waals surface area contributed by atoms with Gasteiger partial charge in [0.05, 0.1) is 10.7 Å². The van der Waals surface area contributed by atoms with E-state index in [4.69, 9.17) is 9.47 Å². The first kappa shape index (κ1) is 16.0. The summed E-state index contributed by atoms with van der Waals surface area (Å²) in [7, 11) is 0. The minimum atomic E-state index is 0.449. The fourth-order valence-electron chi connectivity index (χ4n) is 1.68. The Morgan fingerprint density at radius 1 is 1.27 bits per heavy atom. The van der Waals surface area contributed by atoms with E-state index in [0.29, 0.717) is 18.1 Å². The average Bonchev–Trinajstić information content (AvgIpc) is 2.89. The van der Waals surface area contributed by atoms with Gasteiger partial charge in [0.2, 0.25) is 0 Å². The molecule has 1 aromatic carbocycles. The Bertz CT molecular complexity index is 701. The molecule has 0 aliphatic heterocycles. The number of benzene rings is 1. The Kier molecular flexibility index (Phi) is 5.55. The van der Waals surface area contributed by atoms with Crippen LogP contribution in [0, 0.1) is 6.92 Å². The van der Waals surface area contributed by atoms with Gasteiger partial charge >= 0.3 is 0 Å². The Balaban J connectivity index is 1.94. The van der Waals surface area contributed by atoms with Crippen LogP contribution in [0.1, 0.15) is 17.6 Å². The zero-order valence-corrected chi connectivity index (χ0v) is 13.7. The summed E-state index contributed by atoms with van der Waals surface area (Å²) in [6.07, 6.45) is 3.64. The van der Waals surface area contributed by atoms with E-state index in [1.165, 1.54) is 0 Å². The van der Waals surface area contributed by atoms with E-state index >= 15 is 0 Å². The van der Waals surface area contributed by atoms with E-state index in [1.54, 1.807) is 17.4 Å². The van der Waals surface area contributed by atoms with Gasteiger partial charge in [0.25, 0.3) is 0 Å². The molecule has 0 saturated heterocycles. The summed E-state index contributed by atoms with van der Waals surface area (Å²) in [5.74, 6) is 1.97. The summed E-state index contributed by atoms with van der Waals surface area (Å²) < 4.78 is 11.4. The molecule has 22 heavy (non-hydrogen) atoms. The van der Waals surface area contributed by atoms with Crippen molar-refractivity contribution < 1.29 is 9.47 Å². The number of aryl methyl sites for hydroxylation is 1. The van der Waals surface area contributed by atoms with Crippen molar-refractivity contribution >= 4 is 11.3 Å². The first-order valence-electron chi connectivity index (χ1n) is 6.87. The van der Waals surface area contributed by atoms with Crippen molar-refractivity contribution in [3.63, 3.8) is 0 Å². The molecular weight excluding hydrogens is 294 g/mol. The molecule has 2 rings (SSSR count). The number of hydrogen-bond donors (Lipinski definition) is 0. The van der Waals surface area contributed by atoms with Gasteiger partial charge < -0.3 is 9.47 Å². The van der Waals surface area contributed by atoms with E-state index in [-0.39, 0.29) is 0 Å². The lowest BCUT2D eigenvalue weighted by Gasteiger charge is -2.08. The second kappa shape index (κ2) is 7.61. The summed E-state index contributed by atoms with van der Waals surface area (Å²) >= 11 is 1.62. The van der Waals surface area contributed by atoms with Crippen molar-refractivity contribution in [3.05, 3.63) is 77.0 Å². The van der Waals surface area contributed by atoms with E-state index < -0.39 is 0 Å². The summed E-state index contributed by atoms with van der Waals surface area (Å²) in [4.78, 5) is 4.37. The van der Waals surface area contributed by atoms with Crippen molar-refractivity contribution in [1.29, 1.82) is 0 Å². The predicted molar refractivity (Wildman–Crippen MR) is 91.3 cm³/mol.